The fourth-order valence-corrected chi connectivity index (χ4v) is 0.943. The molecule has 0 amide bonds. The second-order valence-corrected chi connectivity index (χ2v) is 2.31. The monoisotopic (exact) mass is 172 g/mol. The van der Waals surface area contributed by atoms with Gasteiger partial charge in [-0.15, -0.1) is 11.6 Å². The standard InChI is InChI=1S/C8H13ClN2/c1-4-8(11-6-9)7(2)5-10-3/h5H,3-4,6H2,1-2H3/b7-5-,11-8-. The molecule has 0 heterocycles. The number of rotatable bonds is 4. The molecule has 0 aromatic carbocycles. The van der Waals surface area contributed by atoms with Crippen LogP contribution in [0.15, 0.2) is 21.8 Å². The number of halogens is 1. The Morgan fingerprint density at radius 3 is 2.64 bits per heavy atom. The van der Waals surface area contributed by atoms with Crippen LogP contribution < -0.4 is 0 Å². The van der Waals surface area contributed by atoms with E-state index >= 15 is 0 Å². The summed E-state index contributed by atoms with van der Waals surface area (Å²) in [6, 6.07) is 0.311. The van der Waals surface area contributed by atoms with Crippen LogP contribution in [0.1, 0.15) is 20.3 Å². The Morgan fingerprint density at radius 1 is 1.64 bits per heavy atom. The molecule has 0 aromatic heterocycles. The highest BCUT2D eigenvalue weighted by molar-refractivity contribution is 6.18. The van der Waals surface area contributed by atoms with Gasteiger partial charge in [-0.05, 0) is 25.6 Å². The summed E-state index contributed by atoms with van der Waals surface area (Å²) in [6.07, 6.45) is 2.57. The van der Waals surface area contributed by atoms with E-state index in [1.165, 1.54) is 0 Å². The first-order chi connectivity index (χ1) is 5.26. The molecular formula is C8H13ClN2. The first-order valence-corrected chi connectivity index (χ1v) is 4.02. The van der Waals surface area contributed by atoms with Crippen LogP contribution in [-0.4, -0.2) is 18.4 Å². The van der Waals surface area contributed by atoms with Crippen molar-refractivity contribution in [2.45, 2.75) is 20.3 Å². The summed E-state index contributed by atoms with van der Waals surface area (Å²) in [5.41, 5.74) is 2.02. The lowest BCUT2D eigenvalue weighted by molar-refractivity contribution is 1.21. The Labute approximate surface area is 72.7 Å². The molecule has 0 radical (unpaired) electrons. The SMILES string of the molecule is C=N/C=C(C)\C(CC)=N/CCl. The van der Waals surface area contributed by atoms with Crippen molar-refractivity contribution in [1.29, 1.82) is 0 Å². The predicted molar refractivity (Wildman–Crippen MR) is 51.8 cm³/mol. The molecule has 3 heteroatoms. The number of aliphatic imine (C=N–C) groups is 2. The molecule has 62 valence electrons. The van der Waals surface area contributed by atoms with Gasteiger partial charge < -0.3 is 0 Å². The molecule has 2 nitrogen and oxygen atoms in total. The predicted octanol–water partition coefficient (Wildman–Crippen LogP) is 2.64. The normalized spacial score (nSPS) is 13.4. The van der Waals surface area contributed by atoms with E-state index in [1.54, 1.807) is 6.20 Å². The van der Waals surface area contributed by atoms with Crippen LogP contribution in [0.3, 0.4) is 0 Å². The van der Waals surface area contributed by atoms with Crippen LogP contribution >= 0.6 is 11.6 Å². The van der Waals surface area contributed by atoms with Crippen molar-refractivity contribution in [2.75, 3.05) is 6.00 Å². The Balaban J connectivity index is 4.37. The van der Waals surface area contributed by atoms with Gasteiger partial charge in [0, 0.05) is 11.9 Å². The molecule has 0 aliphatic heterocycles. The average molecular weight is 173 g/mol. The Hall–Kier alpha value is -0.630. The average Bonchev–Trinajstić information content (AvgIpc) is 2.00. The topological polar surface area (TPSA) is 24.7 Å². The lowest BCUT2D eigenvalue weighted by Gasteiger charge is -2.00. The summed E-state index contributed by atoms with van der Waals surface area (Å²) >= 11 is 5.46. The third-order valence-electron chi connectivity index (χ3n) is 1.33. The zero-order valence-corrected chi connectivity index (χ0v) is 7.73. The first kappa shape index (κ1) is 10.4. The van der Waals surface area contributed by atoms with Crippen LogP contribution in [0.2, 0.25) is 0 Å². The van der Waals surface area contributed by atoms with Crippen molar-refractivity contribution < 1.29 is 0 Å². The lowest BCUT2D eigenvalue weighted by Crippen LogP contribution is -1.97. The quantitative estimate of drug-likeness (QED) is 0.354. The first-order valence-electron chi connectivity index (χ1n) is 3.48. The van der Waals surface area contributed by atoms with Gasteiger partial charge in [0.1, 0.15) is 6.00 Å². The van der Waals surface area contributed by atoms with Gasteiger partial charge in [0.05, 0.1) is 0 Å². The van der Waals surface area contributed by atoms with Gasteiger partial charge >= 0.3 is 0 Å². The van der Waals surface area contributed by atoms with Gasteiger partial charge in [-0.2, -0.15) is 0 Å². The van der Waals surface area contributed by atoms with Crippen LogP contribution in [0.4, 0.5) is 0 Å². The minimum atomic E-state index is 0.311. The highest BCUT2D eigenvalue weighted by Gasteiger charge is 1.96. The van der Waals surface area contributed by atoms with Crippen molar-refractivity contribution in [3.05, 3.63) is 11.8 Å². The largest absolute Gasteiger partial charge is 0.273 e. The molecule has 11 heavy (non-hydrogen) atoms. The smallest absolute Gasteiger partial charge is 0.113 e. The number of nitrogens with zero attached hydrogens (tertiary/aromatic N) is 2. The maximum atomic E-state index is 5.46. The van der Waals surface area contributed by atoms with Crippen molar-refractivity contribution in [3.8, 4) is 0 Å². The maximum absolute atomic E-state index is 5.46. The van der Waals surface area contributed by atoms with E-state index in [-0.39, 0.29) is 0 Å². The maximum Gasteiger partial charge on any atom is 0.113 e. The Bertz CT molecular complexity index is 183. The fraction of sp³-hybridized carbons (Fsp3) is 0.500. The lowest BCUT2D eigenvalue weighted by atomic mass is 10.1. The number of alkyl halides is 1. The molecule has 0 unspecified atom stereocenters. The molecule has 0 saturated heterocycles. The van der Waals surface area contributed by atoms with Crippen LogP contribution in [0, 0.1) is 0 Å². The van der Waals surface area contributed by atoms with E-state index in [0.717, 1.165) is 17.7 Å². The van der Waals surface area contributed by atoms with Gasteiger partial charge in [-0.3, -0.25) is 9.98 Å². The fourth-order valence-electron chi connectivity index (χ4n) is 0.799. The summed E-state index contributed by atoms with van der Waals surface area (Å²) < 4.78 is 0. The van der Waals surface area contributed by atoms with Gasteiger partial charge in [0.2, 0.25) is 0 Å². The van der Waals surface area contributed by atoms with Crippen molar-refractivity contribution in [3.63, 3.8) is 0 Å². The third-order valence-corrected chi connectivity index (χ3v) is 1.45. The minimum absolute atomic E-state index is 0.311. The van der Waals surface area contributed by atoms with Crippen molar-refractivity contribution in [1.82, 2.24) is 0 Å². The van der Waals surface area contributed by atoms with E-state index in [9.17, 15) is 0 Å². The molecule has 0 bridgehead atoms. The molecule has 0 saturated carbocycles. The molecule has 0 fully saturated rings. The van der Waals surface area contributed by atoms with Gasteiger partial charge in [0.15, 0.2) is 0 Å². The van der Waals surface area contributed by atoms with E-state index in [4.69, 9.17) is 11.6 Å². The molecular weight excluding hydrogens is 160 g/mol. The van der Waals surface area contributed by atoms with E-state index in [2.05, 4.69) is 16.7 Å². The highest BCUT2D eigenvalue weighted by Crippen LogP contribution is 2.02. The Kier molecular flexibility index (Phi) is 5.75. The molecule has 0 aliphatic rings. The van der Waals surface area contributed by atoms with Gasteiger partial charge in [0.25, 0.3) is 0 Å². The molecule has 0 aliphatic carbocycles. The summed E-state index contributed by atoms with van der Waals surface area (Å²) in [5, 5.41) is 0. The molecule has 0 N–H and O–H groups in total. The molecule has 0 atom stereocenters. The third kappa shape index (κ3) is 3.94. The number of hydrogen-bond donors (Lipinski definition) is 0. The second kappa shape index (κ2) is 6.10. The Morgan fingerprint density at radius 2 is 2.27 bits per heavy atom. The minimum Gasteiger partial charge on any atom is -0.273 e. The van der Waals surface area contributed by atoms with Crippen molar-refractivity contribution >= 4 is 24.0 Å². The molecule has 0 spiro atoms. The molecule has 0 rings (SSSR count). The second-order valence-electron chi connectivity index (χ2n) is 2.07. The molecule has 0 aromatic rings. The van der Waals surface area contributed by atoms with E-state index < -0.39 is 0 Å². The van der Waals surface area contributed by atoms with Gasteiger partial charge in [-0.25, -0.2) is 0 Å². The summed E-state index contributed by atoms with van der Waals surface area (Å²) in [7, 11) is 0. The summed E-state index contributed by atoms with van der Waals surface area (Å²) in [6.45, 7) is 7.34. The van der Waals surface area contributed by atoms with Crippen LogP contribution in [-0.2, 0) is 0 Å². The van der Waals surface area contributed by atoms with Crippen molar-refractivity contribution in [2.24, 2.45) is 9.98 Å². The van der Waals surface area contributed by atoms with Crippen LogP contribution in [0.25, 0.3) is 0 Å². The zero-order valence-electron chi connectivity index (χ0n) is 6.97. The zero-order chi connectivity index (χ0) is 8.69. The van der Waals surface area contributed by atoms with E-state index in [0.29, 0.717) is 6.00 Å². The summed E-state index contributed by atoms with van der Waals surface area (Å²) in [5.74, 6) is 0. The number of hydrogen-bond acceptors (Lipinski definition) is 2. The van der Waals surface area contributed by atoms with Gasteiger partial charge in [-0.1, -0.05) is 6.92 Å². The van der Waals surface area contributed by atoms with E-state index in [1.807, 2.05) is 13.8 Å². The van der Waals surface area contributed by atoms with Crippen LogP contribution in [0.5, 0.6) is 0 Å². The summed E-state index contributed by atoms with van der Waals surface area (Å²) in [4.78, 5) is 7.74. The number of allylic oxidation sites excluding steroid dienone is 1. The highest BCUT2D eigenvalue weighted by atomic mass is 35.5.